The van der Waals surface area contributed by atoms with Crippen molar-refractivity contribution in [3.8, 4) is 0 Å². The van der Waals surface area contributed by atoms with E-state index in [9.17, 15) is 9.59 Å². The van der Waals surface area contributed by atoms with E-state index < -0.39 is 11.8 Å². The van der Waals surface area contributed by atoms with Crippen molar-refractivity contribution in [1.82, 2.24) is 10.2 Å². The fraction of sp³-hybridized carbons (Fsp3) is 0.833. The Bertz CT molecular complexity index is 243. The van der Waals surface area contributed by atoms with Crippen LogP contribution in [0.2, 0.25) is 0 Å². The Labute approximate surface area is 97.4 Å². The molecule has 92 valence electrons. The first-order chi connectivity index (χ1) is 7.69. The number of amides is 2. The standard InChI is InChI=1S/C12H22N2O2/c1-3-14(4-2)12(16)11(15)13-10-8-6-5-7-9-10/h10H,3-9H2,1-2H3,(H,13,15). The topological polar surface area (TPSA) is 49.4 Å². The van der Waals surface area contributed by atoms with Gasteiger partial charge in [0.15, 0.2) is 0 Å². The highest BCUT2D eigenvalue weighted by molar-refractivity contribution is 6.35. The monoisotopic (exact) mass is 226 g/mol. The Hall–Kier alpha value is -1.06. The number of nitrogens with zero attached hydrogens (tertiary/aromatic N) is 1. The maximum atomic E-state index is 11.7. The molecule has 4 heteroatoms. The van der Waals surface area contributed by atoms with E-state index >= 15 is 0 Å². The van der Waals surface area contributed by atoms with Gasteiger partial charge in [-0.3, -0.25) is 9.59 Å². The molecule has 2 amide bonds. The van der Waals surface area contributed by atoms with Gasteiger partial charge in [-0.05, 0) is 26.7 Å². The van der Waals surface area contributed by atoms with Crippen LogP contribution < -0.4 is 5.32 Å². The Kier molecular flexibility index (Phi) is 5.29. The summed E-state index contributed by atoms with van der Waals surface area (Å²) in [5, 5.41) is 2.84. The molecule has 1 fully saturated rings. The van der Waals surface area contributed by atoms with Crippen molar-refractivity contribution in [3.63, 3.8) is 0 Å². The van der Waals surface area contributed by atoms with Gasteiger partial charge in [0.1, 0.15) is 0 Å². The maximum absolute atomic E-state index is 11.7. The van der Waals surface area contributed by atoms with Gasteiger partial charge >= 0.3 is 11.8 Å². The predicted molar refractivity (Wildman–Crippen MR) is 62.9 cm³/mol. The van der Waals surface area contributed by atoms with Gasteiger partial charge in [0.25, 0.3) is 0 Å². The summed E-state index contributed by atoms with van der Waals surface area (Å²) in [6, 6.07) is 0.209. The average molecular weight is 226 g/mol. The lowest BCUT2D eigenvalue weighted by Crippen LogP contribution is -2.46. The first-order valence-corrected chi connectivity index (χ1v) is 6.28. The number of nitrogens with one attached hydrogen (secondary N) is 1. The van der Waals surface area contributed by atoms with Crippen LogP contribution in [0.15, 0.2) is 0 Å². The molecule has 0 bridgehead atoms. The van der Waals surface area contributed by atoms with Crippen LogP contribution in [-0.4, -0.2) is 35.8 Å². The van der Waals surface area contributed by atoms with Crippen LogP contribution in [0.5, 0.6) is 0 Å². The number of carbonyl (C=O) groups excluding carboxylic acids is 2. The molecule has 0 heterocycles. The van der Waals surface area contributed by atoms with Crippen molar-refractivity contribution in [2.45, 2.75) is 52.0 Å². The molecule has 0 atom stereocenters. The van der Waals surface area contributed by atoms with Crippen LogP contribution in [0, 0.1) is 0 Å². The minimum absolute atomic E-state index is 0.209. The van der Waals surface area contributed by atoms with Gasteiger partial charge in [0.2, 0.25) is 0 Å². The van der Waals surface area contributed by atoms with E-state index in [1.807, 2.05) is 13.8 Å². The number of carbonyl (C=O) groups is 2. The van der Waals surface area contributed by atoms with Gasteiger partial charge in [-0.2, -0.15) is 0 Å². The zero-order valence-corrected chi connectivity index (χ0v) is 10.3. The number of rotatable bonds is 3. The Morgan fingerprint density at radius 3 is 2.19 bits per heavy atom. The first-order valence-electron chi connectivity index (χ1n) is 6.28. The summed E-state index contributed by atoms with van der Waals surface area (Å²) in [6.45, 7) is 4.95. The SMILES string of the molecule is CCN(CC)C(=O)C(=O)NC1CCCCC1. The largest absolute Gasteiger partial charge is 0.345 e. The maximum Gasteiger partial charge on any atom is 0.311 e. The van der Waals surface area contributed by atoms with Crippen molar-refractivity contribution in [3.05, 3.63) is 0 Å². The Morgan fingerprint density at radius 1 is 1.12 bits per heavy atom. The van der Waals surface area contributed by atoms with E-state index in [0.717, 1.165) is 25.7 Å². The van der Waals surface area contributed by atoms with Crippen LogP contribution in [0.1, 0.15) is 46.0 Å². The van der Waals surface area contributed by atoms with Gasteiger partial charge in [-0.25, -0.2) is 0 Å². The van der Waals surface area contributed by atoms with Gasteiger partial charge < -0.3 is 10.2 Å². The van der Waals surface area contributed by atoms with Crippen molar-refractivity contribution in [2.24, 2.45) is 0 Å². The number of hydrogen-bond donors (Lipinski definition) is 1. The smallest absolute Gasteiger partial charge is 0.311 e. The summed E-state index contributed by atoms with van der Waals surface area (Å²) in [5.41, 5.74) is 0. The van der Waals surface area contributed by atoms with Gasteiger partial charge in [0, 0.05) is 19.1 Å². The third-order valence-electron chi connectivity index (χ3n) is 3.19. The molecule has 0 radical (unpaired) electrons. The van der Waals surface area contributed by atoms with E-state index in [1.54, 1.807) is 4.90 Å². The van der Waals surface area contributed by atoms with Crippen molar-refractivity contribution in [2.75, 3.05) is 13.1 Å². The van der Waals surface area contributed by atoms with E-state index in [-0.39, 0.29) is 6.04 Å². The van der Waals surface area contributed by atoms with Crippen LogP contribution in [0.3, 0.4) is 0 Å². The second kappa shape index (κ2) is 6.51. The lowest BCUT2D eigenvalue weighted by Gasteiger charge is -2.24. The molecule has 16 heavy (non-hydrogen) atoms. The summed E-state index contributed by atoms with van der Waals surface area (Å²) in [5.74, 6) is -0.828. The molecular formula is C12H22N2O2. The molecule has 1 rings (SSSR count). The van der Waals surface area contributed by atoms with E-state index in [4.69, 9.17) is 0 Å². The van der Waals surface area contributed by atoms with E-state index in [0.29, 0.717) is 13.1 Å². The third-order valence-corrected chi connectivity index (χ3v) is 3.19. The van der Waals surface area contributed by atoms with Crippen LogP contribution in [-0.2, 0) is 9.59 Å². The molecule has 0 aromatic heterocycles. The van der Waals surface area contributed by atoms with Gasteiger partial charge in [0.05, 0.1) is 0 Å². The second-order valence-electron chi connectivity index (χ2n) is 4.29. The minimum Gasteiger partial charge on any atom is -0.345 e. The van der Waals surface area contributed by atoms with Crippen LogP contribution in [0.4, 0.5) is 0 Å². The quantitative estimate of drug-likeness (QED) is 0.737. The first kappa shape index (κ1) is 13.0. The normalized spacial score (nSPS) is 16.9. The number of hydrogen-bond acceptors (Lipinski definition) is 2. The molecule has 0 aromatic rings. The highest BCUT2D eigenvalue weighted by Gasteiger charge is 2.23. The molecule has 0 aromatic carbocycles. The van der Waals surface area contributed by atoms with Crippen LogP contribution in [0.25, 0.3) is 0 Å². The van der Waals surface area contributed by atoms with E-state index in [1.165, 1.54) is 6.42 Å². The lowest BCUT2D eigenvalue weighted by molar-refractivity contribution is -0.146. The van der Waals surface area contributed by atoms with E-state index in [2.05, 4.69) is 5.32 Å². The molecule has 4 nitrogen and oxygen atoms in total. The molecule has 1 aliphatic carbocycles. The number of likely N-dealkylation sites (N-methyl/N-ethyl adjacent to an activating group) is 1. The van der Waals surface area contributed by atoms with Gasteiger partial charge in [-0.1, -0.05) is 19.3 Å². The summed E-state index contributed by atoms with van der Waals surface area (Å²) in [7, 11) is 0. The second-order valence-corrected chi connectivity index (χ2v) is 4.29. The molecule has 1 aliphatic rings. The molecular weight excluding hydrogens is 204 g/mol. The van der Waals surface area contributed by atoms with Crippen LogP contribution >= 0.6 is 0 Å². The molecule has 1 N–H and O–H groups in total. The third kappa shape index (κ3) is 3.51. The molecule has 0 spiro atoms. The zero-order chi connectivity index (χ0) is 12.0. The highest BCUT2D eigenvalue weighted by atomic mass is 16.2. The fourth-order valence-corrected chi connectivity index (χ4v) is 2.15. The van der Waals surface area contributed by atoms with Crippen molar-refractivity contribution < 1.29 is 9.59 Å². The predicted octanol–water partition coefficient (Wildman–Crippen LogP) is 1.30. The fourth-order valence-electron chi connectivity index (χ4n) is 2.15. The van der Waals surface area contributed by atoms with Crippen molar-refractivity contribution >= 4 is 11.8 Å². The minimum atomic E-state index is -0.435. The lowest BCUT2D eigenvalue weighted by atomic mass is 9.95. The van der Waals surface area contributed by atoms with Crippen molar-refractivity contribution in [1.29, 1.82) is 0 Å². The summed E-state index contributed by atoms with van der Waals surface area (Å²) in [4.78, 5) is 24.9. The Morgan fingerprint density at radius 2 is 1.69 bits per heavy atom. The van der Waals surface area contributed by atoms with Gasteiger partial charge in [-0.15, -0.1) is 0 Å². The highest BCUT2D eigenvalue weighted by Crippen LogP contribution is 2.17. The Balaban J connectivity index is 2.41. The zero-order valence-electron chi connectivity index (χ0n) is 10.3. The molecule has 0 unspecified atom stereocenters. The molecule has 0 saturated heterocycles. The summed E-state index contributed by atoms with van der Waals surface area (Å²) < 4.78 is 0. The average Bonchev–Trinajstić information content (AvgIpc) is 2.31. The molecule has 0 aliphatic heterocycles. The summed E-state index contributed by atoms with van der Waals surface area (Å²) >= 11 is 0. The summed E-state index contributed by atoms with van der Waals surface area (Å²) in [6.07, 6.45) is 5.58. The molecule has 1 saturated carbocycles.